The van der Waals surface area contributed by atoms with Crippen LogP contribution in [0.3, 0.4) is 0 Å². The van der Waals surface area contributed by atoms with Crippen LogP contribution in [0, 0.1) is 6.92 Å². The molecule has 0 aliphatic heterocycles. The van der Waals surface area contributed by atoms with E-state index in [1.807, 2.05) is 62.4 Å². The Labute approximate surface area is 205 Å². The summed E-state index contributed by atoms with van der Waals surface area (Å²) in [6.45, 7) is 6.50. The van der Waals surface area contributed by atoms with E-state index < -0.39 is 0 Å². The van der Waals surface area contributed by atoms with Crippen molar-refractivity contribution in [2.75, 3.05) is 0 Å². The summed E-state index contributed by atoms with van der Waals surface area (Å²) < 4.78 is 3.16. The molecule has 0 saturated carbocycles. The number of nitrogens with one attached hydrogen (secondary N) is 1. The molecule has 1 N–H and O–H groups in total. The zero-order chi connectivity index (χ0) is 24.8. The van der Waals surface area contributed by atoms with E-state index in [1.54, 1.807) is 4.57 Å². The standard InChI is InChI=1S/C27H32N6O2/c1-4-6-12-24-19(3)33(25(34)13-7-5-2)27(35)32(24)18-20-14-16-21(17-15-20)22-10-8-9-11-23(22)26-28-30-31-29-26/h8-11,14-17H,4-7,12-13,18H2,1-3H3,(H,28,29,30,31). The van der Waals surface area contributed by atoms with Crippen molar-refractivity contribution in [1.82, 2.24) is 29.8 Å². The van der Waals surface area contributed by atoms with Crippen LogP contribution >= 0.6 is 0 Å². The molecule has 2 aromatic heterocycles. The molecule has 0 unspecified atom stereocenters. The summed E-state index contributed by atoms with van der Waals surface area (Å²) in [4.78, 5) is 26.1. The Balaban J connectivity index is 1.65. The number of aromatic nitrogens is 6. The maximum Gasteiger partial charge on any atom is 0.335 e. The molecule has 0 atom stereocenters. The fourth-order valence-corrected chi connectivity index (χ4v) is 4.44. The lowest BCUT2D eigenvalue weighted by atomic mass is 9.98. The number of rotatable bonds is 10. The average molecular weight is 473 g/mol. The normalized spacial score (nSPS) is 11.2. The Morgan fingerprint density at radius 2 is 1.69 bits per heavy atom. The molecule has 4 rings (SSSR count). The summed E-state index contributed by atoms with van der Waals surface area (Å²) in [5.41, 5.74) is 5.42. The number of H-pyrrole nitrogens is 1. The third-order valence-electron chi connectivity index (χ3n) is 6.38. The van der Waals surface area contributed by atoms with Gasteiger partial charge < -0.3 is 0 Å². The van der Waals surface area contributed by atoms with Gasteiger partial charge in [0, 0.05) is 23.4 Å². The maximum absolute atomic E-state index is 13.3. The molecule has 0 aliphatic carbocycles. The van der Waals surface area contributed by atoms with Gasteiger partial charge in [0.15, 0.2) is 0 Å². The van der Waals surface area contributed by atoms with Crippen molar-refractivity contribution in [3.8, 4) is 22.5 Å². The van der Waals surface area contributed by atoms with Crippen molar-refractivity contribution >= 4 is 5.91 Å². The zero-order valence-electron chi connectivity index (χ0n) is 20.6. The number of hydrogen-bond acceptors (Lipinski definition) is 5. The number of aromatic amines is 1. The van der Waals surface area contributed by atoms with Crippen LogP contribution in [0.15, 0.2) is 53.3 Å². The van der Waals surface area contributed by atoms with Crippen LogP contribution in [0.5, 0.6) is 0 Å². The second-order valence-corrected chi connectivity index (χ2v) is 8.81. The van der Waals surface area contributed by atoms with E-state index in [4.69, 9.17) is 0 Å². The highest BCUT2D eigenvalue weighted by Gasteiger charge is 2.21. The van der Waals surface area contributed by atoms with E-state index in [9.17, 15) is 9.59 Å². The predicted octanol–water partition coefficient (Wildman–Crippen LogP) is 5.03. The molecule has 0 amide bonds. The first-order valence-corrected chi connectivity index (χ1v) is 12.3. The van der Waals surface area contributed by atoms with Gasteiger partial charge in [-0.25, -0.2) is 9.36 Å². The van der Waals surface area contributed by atoms with Crippen molar-refractivity contribution in [3.63, 3.8) is 0 Å². The van der Waals surface area contributed by atoms with Crippen LogP contribution in [0.25, 0.3) is 22.5 Å². The van der Waals surface area contributed by atoms with Gasteiger partial charge >= 0.3 is 5.69 Å². The molecule has 35 heavy (non-hydrogen) atoms. The SMILES string of the molecule is CCCCC(=O)n1c(C)c(CCCC)n(Cc2ccc(-c3ccccc3-c3nn[nH]n3)cc2)c1=O. The topological polar surface area (TPSA) is 98.5 Å². The molecule has 182 valence electrons. The van der Waals surface area contributed by atoms with Crippen molar-refractivity contribution in [3.05, 3.63) is 76.0 Å². The number of unbranched alkanes of at least 4 members (excludes halogenated alkanes) is 2. The number of benzene rings is 2. The molecule has 8 heteroatoms. The molecule has 0 saturated heterocycles. The van der Waals surface area contributed by atoms with Gasteiger partial charge in [-0.15, -0.1) is 10.2 Å². The molecule has 0 radical (unpaired) electrons. The summed E-state index contributed by atoms with van der Waals surface area (Å²) in [6, 6.07) is 16.1. The van der Waals surface area contributed by atoms with Gasteiger partial charge in [0.25, 0.3) is 0 Å². The monoisotopic (exact) mass is 472 g/mol. The lowest BCUT2D eigenvalue weighted by molar-refractivity contribution is 0.0892. The Morgan fingerprint density at radius 3 is 2.34 bits per heavy atom. The maximum atomic E-state index is 13.3. The lowest BCUT2D eigenvalue weighted by Gasteiger charge is -2.10. The molecular weight excluding hydrogens is 440 g/mol. The first kappa shape index (κ1) is 24.3. The van der Waals surface area contributed by atoms with Crippen LogP contribution in [0.1, 0.15) is 67.7 Å². The highest BCUT2D eigenvalue weighted by molar-refractivity contribution is 5.80. The highest BCUT2D eigenvalue weighted by atomic mass is 16.2. The number of nitrogens with zero attached hydrogens (tertiary/aromatic N) is 5. The van der Waals surface area contributed by atoms with E-state index in [0.717, 1.165) is 65.7 Å². The summed E-state index contributed by atoms with van der Waals surface area (Å²) in [6.07, 6.45) is 4.87. The number of carbonyl (C=O) groups is 1. The molecule has 8 nitrogen and oxygen atoms in total. The third kappa shape index (κ3) is 5.16. The molecule has 0 fully saturated rings. The Hall–Kier alpha value is -3.81. The molecular formula is C27H32N6O2. The van der Waals surface area contributed by atoms with Crippen LogP contribution in [-0.4, -0.2) is 35.7 Å². The van der Waals surface area contributed by atoms with E-state index in [-0.39, 0.29) is 11.6 Å². The minimum Gasteiger partial charge on any atom is -0.291 e. The van der Waals surface area contributed by atoms with E-state index in [2.05, 4.69) is 27.5 Å². The second kappa shape index (κ2) is 11.1. The molecule has 0 aliphatic rings. The molecule has 0 bridgehead atoms. The fraction of sp³-hybridized carbons (Fsp3) is 0.370. The summed E-state index contributed by atoms with van der Waals surface area (Å²) in [7, 11) is 0. The highest BCUT2D eigenvalue weighted by Crippen LogP contribution is 2.30. The number of tetrazole rings is 1. The molecule has 2 aromatic carbocycles. The minimum atomic E-state index is -0.235. The van der Waals surface area contributed by atoms with Crippen molar-refractivity contribution < 1.29 is 4.79 Å². The first-order valence-electron chi connectivity index (χ1n) is 12.3. The zero-order valence-corrected chi connectivity index (χ0v) is 20.6. The van der Waals surface area contributed by atoms with Crippen LogP contribution in [-0.2, 0) is 13.0 Å². The Morgan fingerprint density at radius 1 is 0.971 bits per heavy atom. The molecule has 4 aromatic rings. The van der Waals surface area contributed by atoms with Gasteiger partial charge in [-0.3, -0.25) is 9.36 Å². The fourth-order valence-electron chi connectivity index (χ4n) is 4.44. The van der Waals surface area contributed by atoms with Crippen molar-refractivity contribution in [2.45, 2.75) is 65.8 Å². The van der Waals surface area contributed by atoms with Gasteiger partial charge in [0.1, 0.15) is 0 Å². The van der Waals surface area contributed by atoms with Crippen molar-refractivity contribution in [1.29, 1.82) is 0 Å². The number of hydrogen-bond donors (Lipinski definition) is 1. The van der Waals surface area contributed by atoms with Crippen LogP contribution in [0.2, 0.25) is 0 Å². The largest absolute Gasteiger partial charge is 0.335 e. The Bertz CT molecular complexity index is 1330. The number of carbonyl (C=O) groups excluding carboxylic acids is 1. The summed E-state index contributed by atoms with van der Waals surface area (Å²) >= 11 is 0. The van der Waals surface area contributed by atoms with Gasteiger partial charge in [-0.2, -0.15) is 5.21 Å². The van der Waals surface area contributed by atoms with Gasteiger partial charge in [-0.05, 0) is 48.1 Å². The van der Waals surface area contributed by atoms with E-state index in [0.29, 0.717) is 18.8 Å². The van der Waals surface area contributed by atoms with Crippen LogP contribution in [0.4, 0.5) is 0 Å². The van der Waals surface area contributed by atoms with E-state index in [1.165, 1.54) is 4.57 Å². The van der Waals surface area contributed by atoms with Gasteiger partial charge in [-0.1, -0.05) is 75.2 Å². The second-order valence-electron chi connectivity index (χ2n) is 8.81. The summed E-state index contributed by atoms with van der Waals surface area (Å²) in [5.74, 6) is 0.431. The number of imidazole rings is 1. The smallest absolute Gasteiger partial charge is 0.291 e. The lowest BCUT2D eigenvalue weighted by Crippen LogP contribution is -2.30. The third-order valence-corrected chi connectivity index (χ3v) is 6.38. The predicted molar refractivity (Wildman–Crippen MR) is 136 cm³/mol. The average Bonchev–Trinajstić information content (AvgIpc) is 3.49. The van der Waals surface area contributed by atoms with E-state index >= 15 is 0 Å². The molecule has 0 spiro atoms. The van der Waals surface area contributed by atoms with Gasteiger partial charge in [0.05, 0.1) is 6.54 Å². The van der Waals surface area contributed by atoms with Gasteiger partial charge in [0.2, 0.25) is 11.7 Å². The van der Waals surface area contributed by atoms with Crippen LogP contribution < -0.4 is 5.69 Å². The summed E-state index contributed by atoms with van der Waals surface area (Å²) in [5, 5.41) is 14.4. The minimum absolute atomic E-state index is 0.112. The molecule has 2 heterocycles. The quantitative estimate of drug-likeness (QED) is 0.349. The Kier molecular flexibility index (Phi) is 7.70. The first-order chi connectivity index (χ1) is 17.0. The van der Waals surface area contributed by atoms with Crippen molar-refractivity contribution in [2.24, 2.45) is 0 Å².